The number of sulfone groups is 1. The molecular formula is C25H27BrClN7O3S. The first-order valence-electron chi connectivity index (χ1n) is 12.2. The standard InChI is InChI=1S/C25H27BrClN7O3S/c1-2-38(36,37)24-4-3-18(27)12-23(24)31-34-16-28-22-11-17(21(26)13-20(22)25(34)35)14-32-7-9-33(10-8-32)15-19-5-6-29-30-19/h3-6,11-13,16,31H,2,7-10,14-15H2,1H3,(H,29,30). The zero-order valence-electron chi connectivity index (χ0n) is 20.7. The van der Waals surface area contributed by atoms with Gasteiger partial charge in [0, 0.05) is 55.0 Å². The molecule has 200 valence electrons. The number of hydrogen-bond donors (Lipinski definition) is 2. The number of nitrogens with zero attached hydrogens (tertiary/aromatic N) is 5. The van der Waals surface area contributed by atoms with Crippen LogP contribution in [0.25, 0.3) is 10.9 Å². The van der Waals surface area contributed by atoms with Crippen LogP contribution in [0.1, 0.15) is 18.2 Å². The van der Waals surface area contributed by atoms with E-state index in [1.54, 1.807) is 13.0 Å². The number of benzene rings is 2. The van der Waals surface area contributed by atoms with Crippen molar-refractivity contribution in [3.63, 3.8) is 0 Å². The van der Waals surface area contributed by atoms with E-state index in [9.17, 15) is 13.2 Å². The summed E-state index contributed by atoms with van der Waals surface area (Å²) in [6, 6.07) is 10.1. The number of nitrogens with one attached hydrogen (secondary N) is 2. The Bertz CT molecular complexity index is 1620. The van der Waals surface area contributed by atoms with Crippen LogP contribution in [0.3, 0.4) is 0 Å². The van der Waals surface area contributed by atoms with E-state index in [4.69, 9.17) is 11.6 Å². The van der Waals surface area contributed by atoms with E-state index in [0.717, 1.165) is 55.0 Å². The number of aromatic nitrogens is 4. The van der Waals surface area contributed by atoms with E-state index >= 15 is 0 Å². The number of rotatable bonds is 8. The van der Waals surface area contributed by atoms with Gasteiger partial charge in [-0.3, -0.25) is 25.1 Å². The summed E-state index contributed by atoms with van der Waals surface area (Å²) in [6.45, 7) is 6.89. The van der Waals surface area contributed by atoms with Crippen molar-refractivity contribution in [1.29, 1.82) is 0 Å². The van der Waals surface area contributed by atoms with E-state index in [2.05, 4.69) is 46.3 Å². The van der Waals surface area contributed by atoms with Crippen LogP contribution in [0.5, 0.6) is 0 Å². The molecule has 4 aromatic rings. The lowest BCUT2D eigenvalue weighted by molar-refractivity contribution is 0.121. The molecule has 10 nitrogen and oxygen atoms in total. The van der Waals surface area contributed by atoms with Gasteiger partial charge in [-0.1, -0.05) is 34.5 Å². The molecule has 38 heavy (non-hydrogen) atoms. The van der Waals surface area contributed by atoms with Gasteiger partial charge in [-0.25, -0.2) is 18.1 Å². The second kappa shape index (κ2) is 11.1. The maximum atomic E-state index is 13.3. The molecular weight excluding hydrogens is 594 g/mol. The van der Waals surface area contributed by atoms with Gasteiger partial charge in [-0.15, -0.1) is 0 Å². The van der Waals surface area contributed by atoms with E-state index in [-0.39, 0.29) is 21.9 Å². The molecule has 0 radical (unpaired) electrons. The molecule has 0 spiro atoms. The maximum absolute atomic E-state index is 13.3. The lowest BCUT2D eigenvalue weighted by Crippen LogP contribution is -2.45. The topological polar surface area (TPSA) is 116 Å². The lowest BCUT2D eigenvalue weighted by atomic mass is 10.1. The van der Waals surface area contributed by atoms with Gasteiger partial charge in [0.15, 0.2) is 9.84 Å². The van der Waals surface area contributed by atoms with Crippen molar-refractivity contribution < 1.29 is 8.42 Å². The van der Waals surface area contributed by atoms with Crippen LogP contribution in [0, 0.1) is 0 Å². The van der Waals surface area contributed by atoms with Gasteiger partial charge in [0.25, 0.3) is 5.56 Å². The maximum Gasteiger partial charge on any atom is 0.280 e. The van der Waals surface area contributed by atoms with Crippen LogP contribution in [0.4, 0.5) is 5.69 Å². The third-order valence-electron chi connectivity index (χ3n) is 6.63. The number of anilines is 1. The summed E-state index contributed by atoms with van der Waals surface area (Å²) in [4.78, 5) is 22.6. The van der Waals surface area contributed by atoms with Gasteiger partial charge in [0.1, 0.15) is 6.33 Å². The summed E-state index contributed by atoms with van der Waals surface area (Å²) in [6.07, 6.45) is 3.20. The Hall–Kier alpha value is -2.77. The molecule has 0 amide bonds. The van der Waals surface area contributed by atoms with E-state index in [1.807, 2.05) is 18.3 Å². The molecule has 2 N–H and O–H groups in total. The molecule has 0 saturated carbocycles. The first-order chi connectivity index (χ1) is 18.2. The highest BCUT2D eigenvalue weighted by atomic mass is 79.9. The molecule has 1 aliphatic heterocycles. The number of fused-ring (bicyclic) bond motifs is 1. The quantitative estimate of drug-likeness (QED) is 0.308. The summed E-state index contributed by atoms with van der Waals surface area (Å²) < 4.78 is 27.1. The van der Waals surface area contributed by atoms with Gasteiger partial charge in [-0.2, -0.15) is 5.10 Å². The van der Waals surface area contributed by atoms with Crippen molar-refractivity contribution in [2.75, 3.05) is 37.4 Å². The Morgan fingerprint density at radius 2 is 1.82 bits per heavy atom. The smallest absolute Gasteiger partial charge is 0.280 e. The van der Waals surface area contributed by atoms with Crippen molar-refractivity contribution in [2.45, 2.75) is 24.9 Å². The average Bonchev–Trinajstić information content (AvgIpc) is 3.41. The van der Waals surface area contributed by atoms with Gasteiger partial charge in [0.2, 0.25) is 0 Å². The summed E-state index contributed by atoms with van der Waals surface area (Å²) in [5.41, 5.74) is 5.39. The highest BCUT2D eigenvalue weighted by molar-refractivity contribution is 9.10. The Balaban J connectivity index is 1.34. The molecule has 1 saturated heterocycles. The molecule has 1 fully saturated rings. The van der Waals surface area contributed by atoms with E-state index in [1.165, 1.54) is 29.2 Å². The van der Waals surface area contributed by atoms with Gasteiger partial charge in [-0.05, 0) is 42.0 Å². The predicted octanol–water partition coefficient (Wildman–Crippen LogP) is 3.52. The molecule has 2 aromatic heterocycles. The van der Waals surface area contributed by atoms with E-state index in [0.29, 0.717) is 15.9 Å². The number of piperazine rings is 1. The number of halogens is 2. The minimum atomic E-state index is -3.54. The average molecular weight is 621 g/mol. The summed E-state index contributed by atoms with van der Waals surface area (Å²) >= 11 is 9.75. The SMILES string of the molecule is CCS(=O)(=O)c1ccc(Cl)cc1Nn1cnc2cc(CN3CCN(Cc4cc[nH]n4)CC3)c(Br)cc2c1=O. The Labute approximate surface area is 233 Å². The first-order valence-corrected chi connectivity index (χ1v) is 15.0. The molecule has 0 aliphatic carbocycles. The first kappa shape index (κ1) is 26.8. The highest BCUT2D eigenvalue weighted by Crippen LogP contribution is 2.27. The monoisotopic (exact) mass is 619 g/mol. The third-order valence-corrected chi connectivity index (χ3v) is 9.39. The van der Waals surface area contributed by atoms with Crippen molar-refractivity contribution in [3.05, 3.63) is 80.0 Å². The molecule has 13 heteroatoms. The van der Waals surface area contributed by atoms with Crippen molar-refractivity contribution in [1.82, 2.24) is 29.7 Å². The molecule has 1 aliphatic rings. The summed E-state index contributed by atoms with van der Waals surface area (Å²) in [7, 11) is -3.54. The van der Waals surface area contributed by atoms with Crippen molar-refractivity contribution >= 4 is 54.0 Å². The minimum absolute atomic E-state index is 0.0670. The van der Waals surface area contributed by atoms with Crippen molar-refractivity contribution in [2.24, 2.45) is 0 Å². The zero-order chi connectivity index (χ0) is 26.9. The fourth-order valence-corrected chi connectivity index (χ4v) is 6.15. The molecule has 2 aromatic carbocycles. The summed E-state index contributed by atoms with van der Waals surface area (Å²) in [5, 5.41) is 7.85. The second-order valence-corrected chi connectivity index (χ2v) is 12.7. The highest BCUT2D eigenvalue weighted by Gasteiger charge is 2.20. The van der Waals surface area contributed by atoms with Crippen LogP contribution < -0.4 is 11.0 Å². The van der Waals surface area contributed by atoms with E-state index < -0.39 is 9.84 Å². The fraction of sp³-hybridized carbons (Fsp3) is 0.320. The minimum Gasteiger partial charge on any atom is -0.296 e. The molecule has 5 rings (SSSR count). The number of H-pyrrole nitrogens is 1. The Morgan fingerprint density at radius 1 is 1.08 bits per heavy atom. The van der Waals surface area contributed by atoms with Gasteiger partial charge < -0.3 is 0 Å². The van der Waals surface area contributed by atoms with Crippen LogP contribution >= 0.6 is 27.5 Å². The van der Waals surface area contributed by atoms with Crippen molar-refractivity contribution in [3.8, 4) is 0 Å². The Morgan fingerprint density at radius 3 is 2.50 bits per heavy atom. The predicted molar refractivity (Wildman–Crippen MR) is 151 cm³/mol. The van der Waals surface area contributed by atoms with Crippen LogP contribution in [0.2, 0.25) is 5.02 Å². The lowest BCUT2D eigenvalue weighted by Gasteiger charge is -2.34. The van der Waals surface area contributed by atoms with Gasteiger partial charge >= 0.3 is 0 Å². The normalized spacial score (nSPS) is 15.2. The molecule has 3 heterocycles. The van der Waals surface area contributed by atoms with Crippen LogP contribution in [-0.4, -0.2) is 70.0 Å². The largest absolute Gasteiger partial charge is 0.296 e. The molecule has 0 bridgehead atoms. The summed E-state index contributed by atoms with van der Waals surface area (Å²) in [5.74, 6) is -0.0803. The Kier molecular flexibility index (Phi) is 7.87. The third kappa shape index (κ3) is 5.79. The number of aromatic amines is 1. The van der Waals surface area contributed by atoms with Crippen LogP contribution in [0.15, 0.2) is 63.1 Å². The van der Waals surface area contributed by atoms with Gasteiger partial charge in [0.05, 0.1) is 32.9 Å². The molecule has 0 unspecified atom stereocenters. The molecule has 0 atom stereocenters. The fourth-order valence-electron chi connectivity index (χ4n) is 4.49. The number of hydrogen-bond acceptors (Lipinski definition) is 8. The zero-order valence-corrected chi connectivity index (χ0v) is 23.9. The second-order valence-electron chi connectivity index (χ2n) is 9.15. The van der Waals surface area contributed by atoms with Crippen LogP contribution in [-0.2, 0) is 22.9 Å².